The highest BCUT2D eigenvalue weighted by molar-refractivity contribution is 5.80. The molecule has 2 rings (SSSR count). The van der Waals surface area contributed by atoms with Gasteiger partial charge in [0.25, 0.3) is 5.91 Å². The largest absolute Gasteiger partial charge is 0.484 e. The maximum absolute atomic E-state index is 12.3. The van der Waals surface area contributed by atoms with Crippen LogP contribution in [0.25, 0.3) is 0 Å². The molecule has 2 amide bonds. The molecule has 1 aromatic rings. The summed E-state index contributed by atoms with van der Waals surface area (Å²) in [6, 6.07) is 5.88. The number of aryl methyl sites for hydroxylation is 2. The van der Waals surface area contributed by atoms with Crippen LogP contribution in [0.4, 0.5) is 0 Å². The van der Waals surface area contributed by atoms with E-state index in [1.165, 1.54) is 0 Å². The molecule has 1 aromatic carbocycles. The number of hydrogen-bond donors (Lipinski definition) is 0. The van der Waals surface area contributed by atoms with Crippen molar-refractivity contribution in [2.24, 2.45) is 0 Å². The highest BCUT2D eigenvalue weighted by atomic mass is 16.5. The van der Waals surface area contributed by atoms with Crippen molar-refractivity contribution in [3.05, 3.63) is 29.3 Å². The molecule has 0 saturated carbocycles. The molecule has 0 unspecified atom stereocenters. The monoisotopic (exact) mass is 364 g/mol. The number of carbonyl (C=O) groups excluding carboxylic acids is 2. The van der Waals surface area contributed by atoms with Gasteiger partial charge in [0.2, 0.25) is 5.91 Å². The van der Waals surface area contributed by atoms with E-state index < -0.39 is 0 Å². The molecular weight excluding hydrogens is 336 g/mol. The number of benzene rings is 1. The zero-order valence-electron chi connectivity index (χ0n) is 15.8. The Morgan fingerprint density at radius 2 is 1.58 bits per heavy atom. The minimum atomic E-state index is -0.0616. The highest BCUT2D eigenvalue weighted by Crippen LogP contribution is 2.18. The van der Waals surface area contributed by atoms with Crippen molar-refractivity contribution in [2.45, 2.75) is 13.8 Å². The van der Waals surface area contributed by atoms with E-state index in [1.54, 1.807) is 16.9 Å². The maximum Gasteiger partial charge on any atom is 0.260 e. The lowest BCUT2D eigenvalue weighted by Crippen LogP contribution is -2.52. The fourth-order valence-electron chi connectivity index (χ4n) is 2.79. The Balaban J connectivity index is 1.71. The standard InChI is InChI=1S/C19H28N2O5/c1-15-4-5-17(16(2)12-15)26-14-19(23)21-8-6-20(7-9-21)18(22)13-25-11-10-24-3/h4-5,12H,6-11,13-14H2,1-3H3. The van der Waals surface area contributed by atoms with Crippen LogP contribution >= 0.6 is 0 Å². The van der Waals surface area contributed by atoms with Crippen LogP contribution in [0, 0.1) is 13.8 Å². The molecule has 0 N–H and O–H groups in total. The number of amides is 2. The molecule has 0 aromatic heterocycles. The smallest absolute Gasteiger partial charge is 0.260 e. The molecule has 1 fully saturated rings. The normalized spacial score (nSPS) is 14.4. The zero-order chi connectivity index (χ0) is 18.9. The van der Waals surface area contributed by atoms with Crippen LogP contribution in [0.1, 0.15) is 11.1 Å². The van der Waals surface area contributed by atoms with Crippen molar-refractivity contribution in [2.75, 3.05) is 59.7 Å². The minimum absolute atomic E-state index is 0.0119. The number of hydrogen-bond acceptors (Lipinski definition) is 5. The molecule has 0 spiro atoms. The second kappa shape index (κ2) is 10.1. The third kappa shape index (κ3) is 6.00. The number of methoxy groups -OCH3 is 1. The van der Waals surface area contributed by atoms with E-state index in [4.69, 9.17) is 14.2 Å². The van der Waals surface area contributed by atoms with Crippen LogP contribution < -0.4 is 4.74 Å². The Kier molecular flexibility index (Phi) is 7.87. The number of rotatable bonds is 8. The van der Waals surface area contributed by atoms with Crippen molar-refractivity contribution < 1.29 is 23.8 Å². The van der Waals surface area contributed by atoms with Gasteiger partial charge in [0.05, 0.1) is 13.2 Å². The molecule has 26 heavy (non-hydrogen) atoms. The van der Waals surface area contributed by atoms with E-state index in [0.29, 0.717) is 39.4 Å². The number of piperazine rings is 1. The van der Waals surface area contributed by atoms with E-state index in [0.717, 1.165) is 16.9 Å². The van der Waals surface area contributed by atoms with Crippen molar-refractivity contribution in [3.63, 3.8) is 0 Å². The van der Waals surface area contributed by atoms with Gasteiger partial charge in [-0.05, 0) is 25.5 Å². The van der Waals surface area contributed by atoms with E-state index in [1.807, 2.05) is 32.0 Å². The van der Waals surface area contributed by atoms with E-state index in [9.17, 15) is 9.59 Å². The van der Waals surface area contributed by atoms with Gasteiger partial charge in [0, 0.05) is 33.3 Å². The van der Waals surface area contributed by atoms with Gasteiger partial charge in [-0.25, -0.2) is 0 Å². The molecule has 0 bridgehead atoms. The lowest BCUT2D eigenvalue weighted by atomic mass is 10.1. The van der Waals surface area contributed by atoms with Crippen LogP contribution in [0.3, 0.4) is 0 Å². The molecule has 1 heterocycles. The highest BCUT2D eigenvalue weighted by Gasteiger charge is 2.24. The summed E-state index contributed by atoms with van der Waals surface area (Å²) in [5, 5.41) is 0. The van der Waals surface area contributed by atoms with Gasteiger partial charge in [0.1, 0.15) is 12.4 Å². The number of carbonyl (C=O) groups is 2. The zero-order valence-corrected chi connectivity index (χ0v) is 15.8. The first-order valence-electron chi connectivity index (χ1n) is 8.83. The summed E-state index contributed by atoms with van der Waals surface area (Å²) in [6.07, 6.45) is 0. The predicted octanol–water partition coefficient (Wildman–Crippen LogP) is 1.02. The van der Waals surface area contributed by atoms with Gasteiger partial charge in [-0.3, -0.25) is 9.59 Å². The first-order valence-corrected chi connectivity index (χ1v) is 8.83. The predicted molar refractivity (Wildman–Crippen MR) is 97.3 cm³/mol. The Labute approximate surface area is 154 Å². The van der Waals surface area contributed by atoms with Gasteiger partial charge in [-0.15, -0.1) is 0 Å². The Bertz CT molecular complexity index is 612. The van der Waals surface area contributed by atoms with Crippen LogP contribution in [0.15, 0.2) is 18.2 Å². The summed E-state index contributed by atoms with van der Waals surface area (Å²) >= 11 is 0. The van der Waals surface area contributed by atoms with Gasteiger partial charge >= 0.3 is 0 Å². The van der Waals surface area contributed by atoms with Crippen molar-refractivity contribution >= 4 is 11.8 Å². The average molecular weight is 364 g/mol. The Morgan fingerprint density at radius 1 is 0.962 bits per heavy atom. The molecule has 144 valence electrons. The summed E-state index contributed by atoms with van der Waals surface area (Å²) in [4.78, 5) is 27.8. The quantitative estimate of drug-likeness (QED) is 0.644. The molecule has 1 aliphatic heterocycles. The summed E-state index contributed by atoms with van der Waals surface area (Å²) < 4.78 is 15.8. The Hall–Kier alpha value is -2.12. The second-order valence-corrected chi connectivity index (χ2v) is 6.36. The molecule has 0 aliphatic carbocycles. The van der Waals surface area contributed by atoms with Crippen molar-refractivity contribution in [3.8, 4) is 5.75 Å². The molecule has 0 radical (unpaired) electrons. The summed E-state index contributed by atoms with van der Waals surface area (Å²) in [5.41, 5.74) is 2.18. The number of ether oxygens (including phenoxy) is 3. The molecule has 7 nitrogen and oxygen atoms in total. The minimum Gasteiger partial charge on any atom is -0.484 e. The fourth-order valence-corrected chi connectivity index (χ4v) is 2.79. The van der Waals surface area contributed by atoms with Crippen LogP contribution in [-0.4, -0.2) is 81.3 Å². The lowest BCUT2D eigenvalue weighted by molar-refractivity contribution is -0.143. The van der Waals surface area contributed by atoms with Gasteiger partial charge in [-0.1, -0.05) is 17.7 Å². The van der Waals surface area contributed by atoms with Gasteiger partial charge < -0.3 is 24.0 Å². The number of nitrogens with zero attached hydrogens (tertiary/aromatic N) is 2. The second-order valence-electron chi connectivity index (χ2n) is 6.36. The molecule has 7 heteroatoms. The Morgan fingerprint density at radius 3 is 2.15 bits per heavy atom. The molecular formula is C19H28N2O5. The maximum atomic E-state index is 12.3. The van der Waals surface area contributed by atoms with Crippen molar-refractivity contribution in [1.82, 2.24) is 9.80 Å². The van der Waals surface area contributed by atoms with Crippen LogP contribution in [0.2, 0.25) is 0 Å². The van der Waals surface area contributed by atoms with E-state index >= 15 is 0 Å². The van der Waals surface area contributed by atoms with Crippen LogP contribution in [-0.2, 0) is 19.1 Å². The lowest BCUT2D eigenvalue weighted by Gasteiger charge is -2.34. The molecule has 1 aliphatic rings. The molecule has 0 atom stereocenters. The van der Waals surface area contributed by atoms with Crippen LogP contribution in [0.5, 0.6) is 5.75 Å². The summed E-state index contributed by atoms with van der Waals surface area (Å²) in [7, 11) is 1.59. The first-order chi connectivity index (χ1) is 12.5. The van der Waals surface area contributed by atoms with Gasteiger partial charge in [-0.2, -0.15) is 0 Å². The molecule has 1 saturated heterocycles. The fraction of sp³-hybridized carbons (Fsp3) is 0.579. The van der Waals surface area contributed by atoms with Crippen molar-refractivity contribution in [1.29, 1.82) is 0 Å². The SMILES string of the molecule is COCCOCC(=O)N1CCN(C(=O)COc2ccc(C)cc2C)CC1. The van der Waals surface area contributed by atoms with Gasteiger partial charge in [0.15, 0.2) is 6.61 Å². The topological polar surface area (TPSA) is 68.3 Å². The summed E-state index contributed by atoms with van der Waals surface area (Å²) in [5.74, 6) is 0.610. The van der Waals surface area contributed by atoms with E-state index in [-0.39, 0.29) is 25.0 Å². The third-order valence-electron chi connectivity index (χ3n) is 4.32. The average Bonchev–Trinajstić information content (AvgIpc) is 2.64. The first kappa shape index (κ1) is 20.2. The van der Waals surface area contributed by atoms with E-state index in [2.05, 4.69) is 0 Å². The summed E-state index contributed by atoms with van der Waals surface area (Å²) in [6.45, 7) is 6.97. The third-order valence-corrected chi connectivity index (χ3v) is 4.32.